The Bertz CT molecular complexity index is 1650. The molecule has 0 spiro atoms. The minimum absolute atomic E-state index is 0.0198. The lowest BCUT2D eigenvalue weighted by molar-refractivity contribution is -0.130. The summed E-state index contributed by atoms with van der Waals surface area (Å²) >= 11 is 0. The Labute approximate surface area is 296 Å². The molecule has 0 saturated heterocycles. The van der Waals surface area contributed by atoms with Gasteiger partial charge >= 0.3 is 0 Å². The number of aryl methyl sites for hydroxylation is 1. The van der Waals surface area contributed by atoms with E-state index in [1.165, 1.54) is 7.11 Å². The van der Waals surface area contributed by atoms with Gasteiger partial charge < -0.3 is 25.4 Å². The van der Waals surface area contributed by atoms with Gasteiger partial charge in [0.25, 0.3) is 0 Å². The Morgan fingerprint density at radius 3 is 2.58 bits per heavy atom. The van der Waals surface area contributed by atoms with E-state index in [1.807, 2.05) is 36.4 Å². The molecule has 1 fully saturated rings. The highest BCUT2D eigenvalue weighted by molar-refractivity contribution is 6.00. The van der Waals surface area contributed by atoms with Crippen molar-refractivity contribution in [3.8, 4) is 23.3 Å². The number of nitrogens with one attached hydrogen (secondary N) is 1. The summed E-state index contributed by atoms with van der Waals surface area (Å²) in [7, 11) is 1.51. The number of ketones is 2. The zero-order valence-corrected chi connectivity index (χ0v) is 29.4. The molecule has 0 radical (unpaired) electrons. The molecule has 2 aliphatic rings. The number of methoxy groups -OCH3 is 1. The average Bonchev–Trinajstić information content (AvgIpc) is 3.29. The molecule has 5 rings (SSSR count). The van der Waals surface area contributed by atoms with Gasteiger partial charge in [-0.25, -0.2) is 4.98 Å². The molecule has 8 nitrogen and oxygen atoms in total. The van der Waals surface area contributed by atoms with Crippen LogP contribution in [-0.4, -0.2) is 58.7 Å². The number of phenols is 1. The molecular weight excluding hydrogens is 628 g/mol. The molecule has 1 aromatic heterocycles. The van der Waals surface area contributed by atoms with Gasteiger partial charge in [-0.2, -0.15) is 0 Å². The van der Waals surface area contributed by atoms with Crippen molar-refractivity contribution in [1.29, 1.82) is 0 Å². The van der Waals surface area contributed by atoms with Gasteiger partial charge in [-0.15, -0.1) is 0 Å². The van der Waals surface area contributed by atoms with Crippen molar-refractivity contribution in [1.82, 2.24) is 4.98 Å². The van der Waals surface area contributed by atoms with Crippen LogP contribution in [0, 0.1) is 41.4 Å². The topological polar surface area (TPSA) is 129 Å². The molecule has 0 aliphatic heterocycles. The molecule has 0 bridgehead atoms. The maximum atomic E-state index is 14.2. The normalized spacial score (nSPS) is 23.2. The van der Waals surface area contributed by atoms with Crippen LogP contribution in [0.5, 0.6) is 11.5 Å². The maximum Gasteiger partial charge on any atom is 0.160 e. The van der Waals surface area contributed by atoms with Crippen molar-refractivity contribution in [3.05, 3.63) is 83.0 Å². The number of hydrogen-bond acceptors (Lipinski definition) is 8. The third kappa shape index (κ3) is 9.53. The molecule has 4 N–H and O–H groups in total. The first-order valence-corrected chi connectivity index (χ1v) is 18.2. The summed E-state index contributed by atoms with van der Waals surface area (Å²) in [6, 6.07) is 17.6. The Morgan fingerprint density at radius 1 is 1.02 bits per heavy atom. The molecular formula is C42H52N2O6. The van der Waals surface area contributed by atoms with Crippen LogP contribution in [0.3, 0.4) is 0 Å². The van der Waals surface area contributed by atoms with Crippen LogP contribution in [0.15, 0.2) is 60.8 Å². The number of fused-ring (bicyclic) bond motifs is 2. The summed E-state index contributed by atoms with van der Waals surface area (Å²) in [6.07, 6.45) is 7.66. The molecule has 8 heteroatoms. The number of anilines is 1. The zero-order valence-electron chi connectivity index (χ0n) is 29.4. The maximum absolute atomic E-state index is 14.2. The van der Waals surface area contributed by atoms with E-state index in [-0.39, 0.29) is 73.0 Å². The van der Waals surface area contributed by atoms with E-state index in [9.17, 15) is 24.9 Å². The number of aromatic nitrogens is 1. The van der Waals surface area contributed by atoms with Crippen LogP contribution in [0.4, 0.5) is 5.82 Å². The van der Waals surface area contributed by atoms with Gasteiger partial charge in [-0.05, 0) is 109 Å². The molecule has 50 heavy (non-hydrogen) atoms. The van der Waals surface area contributed by atoms with E-state index < -0.39 is 5.92 Å². The fraction of sp³-hybridized carbons (Fsp3) is 0.500. The molecule has 6 atom stereocenters. The summed E-state index contributed by atoms with van der Waals surface area (Å²) in [5, 5.41) is 34.0. The zero-order chi connectivity index (χ0) is 35.5. The number of aliphatic hydroxyl groups is 2. The Hall–Kier alpha value is -4.19. The minimum atomic E-state index is -0.417. The Kier molecular flexibility index (Phi) is 13.5. The van der Waals surface area contributed by atoms with E-state index in [4.69, 9.17) is 4.74 Å². The highest BCUT2D eigenvalue weighted by atomic mass is 16.5. The van der Waals surface area contributed by atoms with Crippen LogP contribution < -0.4 is 10.1 Å². The van der Waals surface area contributed by atoms with E-state index >= 15 is 0 Å². The number of hydrogen-bond donors (Lipinski definition) is 4. The predicted octanol–water partition coefficient (Wildman–Crippen LogP) is 6.50. The van der Waals surface area contributed by atoms with Crippen LogP contribution in [0.1, 0.15) is 86.5 Å². The summed E-state index contributed by atoms with van der Waals surface area (Å²) in [4.78, 5) is 32.1. The van der Waals surface area contributed by atoms with Crippen LogP contribution in [0.25, 0.3) is 0 Å². The van der Waals surface area contributed by atoms with Gasteiger partial charge in [-0.3, -0.25) is 9.59 Å². The Balaban J connectivity index is 1.59. The lowest BCUT2D eigenvalue weighted by Crippen LogP contribution is -2.29. The summed E-state index contributed by atoms with van der Waals surface area (Å²) < 4.78 is 5.44. The molecule has 2 aromatic carbocycles. The quantitative estimate of drug-likeness (QED) is 0.0970. The van der Waals surface area contributed by atoms with Gasteiger partial charge in [0.05, 0.1) is 19.4 Å². The lowest BCUT2D eigenvalue weighted by atomic mass is 9.76. The standard InChI is InChI=1S/C42H52N2O6/c1-3-8-33(27-46)34-21-29(19-28-15-17-44-42(22-28)43-16-7-18-45)20-31-12-14-36(30-9-5-4-6-10-30)37-26-40(49)41(50-2)24-32(37)11-13-35(47)25-39(48)38(31)23-34/h4-6,9-10,15,17,22,24,26,29,31,33-34,36,38,45-46,49H,3,7-8,11,13,16,18-21,23,25,27H2,1-2H3,(H,43,44)/t29-,31-,33-,34+,36-,38-/m1/s1. The van der Waals surface area contributed by atoms with Gasteiger partial charge in [0.2, 0.25) is 0 Å². The van der Waals surface area contributed by atoms with Crippen LogP contribution in [-0.2, 0) is 22.4 Å². The average molecular weight is 681 g/mol. The van der Waals surface area contributed by atoms with Crippen molar-refractivity contribution in [2.75, 3.05) is 32.2 Å². The van der Waals surface area contributed by atoms with Crippen molar-refractivity contribution in [3.63, 3.8) is 0 Å². The van der Waals surface area contributed by atoms with E-state index in [0.29, 0.717) is 38.0 Å². The SMILES string of the molecule is CCC[C@H](CO)[C@H]1C[C@H](Cc2ccnc(NCCCO)c2)C[C@H]2C#C[C@H](c3ccccc3)c3cc(O)c(OC)cc3CCC(=O)CC(=O)[C@@H]2C1. The van der Waals surface area contributed by atoms with E-state index in [1.54, 1.807) is 18.3 Å². The summed E-state index contributed by atoms with van der Waals surface area (Å²) in [6.45, 7) is 2.93. The van der Waals surface area contributed by atoms with Gasteiger partial charge in [0.15, 0.2) is 11.5 Å². The summed E-state index contributed by atoms with van der Waals surface area (Å²) in [5.41, 5.74) is 3.81. The number of carbonyl (C=O) groups excluding carboxylic acids is 2. The third-order valence-electron chi connectivity index (χ3n) is 10.6. The van der Waals surface area contributed by atoms with Crippen LogP contribution >= 0.6 is 0 Å². The van der Waals surface area contributed by atoms with Gasteiger partial charge in [-0.1, -0.05) is 55.5 Å². The number of aliphatic hydroxyl groups excluding tert-OH is 2. The first kappa shape index (κ1) is 37.1. The smallest absolute Gasteiger partial charge is 0.160 e. The minimum Gasteiger partial charge on any atom is -0.504 e. The first-order valence-electron chi connectivity index (χ1n) is 18.2. The lowest BCUT2D eigenvalue weighted by Gasteiger charge is -2.28. The molecule has 0 amide bonds. The fourth-order valence-electron chi connectivity index (χ4n) is 8.01. The molecule has 1 saturated carbocycles. The second-order valence-corrected chi connectivity index (χ2v) is 14.1. The highest BCUT2D eigenvalue weighted by Gasteiger charge is 2.39. The van der Waals surface area contributed by atoms with Crippen molar-refractivity contribution in [2.24, 2.45) is 29.6 Å². The molecule has 0 unspecified atom stereocenters. The number of rotatable bonds is 12. The van der Waals surface area contributed by atoms with Crippen molar-refractivity contribution in [2.45, 2.75) is 77.0 Å². The van der Waals surface area contributed by atoms with Crippen molar-refractivity contribution < 1.29 is 29.6 Å². The molecule has 3 aromatic rings. The fourth-order valence-corrected chi connectivity index (χ4v) is 8.01. The van der Waals surface area contributed by atoms with E-state index in [0.717, 1.165) is 53.8 Å². The second kappa shape index (κ2) is 18.2. The van der Waals surface area contributed by atoms with Gasteiger partial charge in [0.1, 0.15) is 17.4 Å². The number of nitrogens with zero attached hydrogens (tertiary/aromatic N) is 1. The molecule has 2 aliphatic carbocycles. The van der Waals surface area contributed by atoms with Gasteiger partial charge in [0, 0.05) is 44.2 Å². The predicted molar refractivity (Wildman–Crippen MR) is 195 cm³/mol. The number of Topliss-reactive ketones (excluding diaryl/α,β-unsaturated/α-hetero) is 2. The van der Waals surface area contributed by atoms with E-state index in [2.05, 4.69) is 35.1 Å². The summed E-state index contributed by atoms with van der Waals surface area (Å²) in [5.74, 6) is 7.50. The first-order chi connectivity index (χ1) is 24.3. The monoisotopic (exact) mass is 680 g/mol. The number of benzene rings is 2. The number of phenolic OH excluding ortho intramolecular Hbond substituents is 1. The number of aromatic hydroxyl groups is 1. The number of carbonyl (C=O) groups is 2. The van der Waals surface area contributed by atoms with Crippen LogP contribution in [0.2, 0.25) is 0 Å². The number of pyridine rings is 1. The molecule has 1 heterocycles. The largest absolute Gasteiger partial charge is 0.504 e. The Morgan fingerprint density at radius 2 is 1.84 bits per heavy atom. The third-order valence-corrected chi connectivity index (χ3v) is 10.6. The highest BCUT2D eigenvalue weighted by Crippen LogP contribution is 2.43. The van der Waals surface area contributed by atoms with Crippen molar-refractivity contribution >= 4 is 17.4 Å². The molecule has 266 valence electrons. The number of ether oxygens (including phenoxy) is 1. The second-order valence-electron chi connectivity index (χ2n) is 14.1.